The monoisotopic (exact) mass is 534 g/mol. The maximum Gasteiger partial charge on any atom is 0.252 e. The van der Waals surface area contributed by atoms with Crippen molar-refractivity contribution >= 4 is 11.8 Å². The Morgan fingerprint density at radius 1 is 1.15 bits per heavy atom. The minimum Gasteiger partial charge on any atom is -0.508 e. The van der Waals surface area contributed by atoms with Crippen molar-refractivity contribution in [3.63, 3.8) is 0 Å². The lowest BCUT2D eigenvalue weighted by atomic mass is 10.0. The van der Waals surface area contributed by atoms with Gasteiger partial charge in [0.15, 0.2) is 5.79 Å². The van der Waals surface area contributed by atoms with E-state index in [1.807, 2.05) is 35.6 Å². The number of likely N-dealkylation sites (tertiary alicyclic amines) is 1. The van der Waals surface area contributed by atoms with Crippen LogP contribution in [0.2, 0.25) is 0 Å². The molecule has 1 atom stereocenters. The van der Waals surface area contributed by atoms with Crippen molar-refractivity contribution < 1.29 is 28.9 Å². The Bertz CT molecular complexity index is 1330. The molecule has 2 fully saturated rings. The largest absolute Gasteiger partial charge is 0.508 e. The summed E-state index contributed by atoms with van der Waals surface area (Å²) in [7, 11) is 0. The van der Waals surface area contributed by atoms with E-state index in [0.29, 0.717) is 56.1 Å². The van der Waals surface area contributed by atoms with Crippen molar-refractivity contribution in [1.82, 2.24) is 14.5 Å². The van der Waals surface area contributed by atoms with Crippen molar-refractivity contribution in [3.05, 3.63) is 66.1 Å². The van der Waals surface area contributed by atoms with E-state index in [1.165, 1.54) is 0 Å². The molecule has 39 heavy (non-hydrogen) atoms. The molecule has 0 spiro atoms. The summed E-state index contributed by atoms with van der Waals surface area (Å²) in [6.07, 6.45) is 5.02. The molecule has 2 saturated heterocycles. The Balaban J connectivity index is 1.19. The Morgan fingerprint density at radius 3 is 2.56 bits per heavy atom. The van der Waals surface area contributed by atoms with E-state index in [-0.39, 0.29) is 30.3 Å². The van der Waals surface area contributed by atoms with Gasteiger partial charge in [0.1, 0.15) is 23.7 Å². The van der Waals surface area contributed by atoms with E-state index >= 15 is 0 Å². The lowest BCUT2D eigenvalue weighted by Gasteiger charge is -2.32. The van der Waals surface area contributed by atoms with Gasteiger partial charge in [-0.2, -0.15) is 0 Å². The number of phenols is 1. The molecule has 5 rings (SSSR count). The first kappa shape index (κ1) is 26.7. The third-order valence-electron chi connectivity index (χ3n) is 7.04. The summed E-state index contributed by atoms with van der Waals surface area (Å²) in [5.74, 6) is -0.516. The number of hydrogen-bond acceptors (Lipinski definition) is 7. The second kappa shape index (κ2) is 11.1. The average molecular weight is 535 g/mol. The molecule has 0 aliphatic carbocycles. The van der Waals surface area contributed by atoms with Crippen LogP contribution in [0.5, 0.6) is 11.5 Å². The molecule has 0 radical (unpaired) electrons. The molecule has 206 valence electrons. The summed E-state index contributed by atoms with van der Waals surface area (Å²) < 4.78 is 19.6. The van der Waals surface area contributed by atoms with Gasteiger partial charge in [-0.1, -0.05) is 12.1 Å². The van der Waals surface area contributed by atoms with Gasteiger partial charge in [-0.3, -0.25) is 9.59 Å². The molecule has 0 unspecified atom stereocenters. The fraction of sp³-hybridized carbons (Fsp3) is 0.414. The SMILES string of the molecule is CC1(C)OC[C@H](Cn2cnc(-c3ccc(OC4CCN(C(=O)Cc5ccc(O)cc5)CC4)c(C(N)=O)c3)c2)O1. The van der Waals surface area contributed by atoms with Gasteiger partial charge in [-0.05, 0) is 49.7 Å². The number of nitrogens with two attached hydrogens (primary N) is 1. The van der Waals surface area contributed by atoms with Crippen LogP contribution in [0.15, 0.2) is 55.0 Å². The van der Waals surface area contributed by atoms with Crippen molar-refractivity contribution in [2.24, 2.45) is 5.73 Å². The summed E-state index contributed by atoms with van der Waals surface area (Å²) in [5, 5.41) is 9.43. The Morgan fingerprint density at radius 2 is 1.90 bits per heavy atom. The van der Waals surface area contributed by atoms with Crippen LogP contribution in [0, 0.1) is 0 Å². The molecule has 10 heteroatoms. The number of aromatic nitrogens is 2. The Hall–Kier alpha value is -3.89. The molecule has 3 heterocycles. The van der Waals surface area contributed by atoms with Crippen LogP contribution in [0.25, 0.3) is 11.3 Å². The highest BCUT2D eigenvalue weighted by molar-refractivity contribution is 5.97. The lowest BCUT2D eigenvalue weighted by molar-refractivity contribution is -0.139. The zero-order valence-electron chi connectivity index (χ0n) is 22.2. The number of primary amides is 1. The van der Waals surface area contributed by atoms with Gasteiger partial charge in [0, 0.05) is 37.7 Å². The molecule has 10 nitrogen and oxygen atoms in total. The van der Waals surface area contributed by atoms with E-state index in [4.69, 9.17) is 19.9 Å². The van der Waals surface area contributed by atoms with Crippen molar-refractivity contribution in [1.29, 1.82) is 0 Å². The Kier molecular flexibility index (Phi) is 7.58. The number of ether oxygens (including phenoxy) is 3. The standard InChI is InChI=1S/C29H34N4O6/c1-29(2)37-17-23(39-29)15-32-16-25(31-18-32)20-5-8-26(24(14-20)28(30)36)38-22-9-11-33(12-10-22)27(35)13-19-3-6-21(34)7-4-19/h3-8,14,16,18,22-23,34H,9-13,15,17H2,1-2H3,(H2,30,36)/t23-/m0/s1. The first-order valence-corrected chi connectivity index (χ1v) is 13.2. The van der Waals surface area contributed by atoms with Crippen molar-refractivity contribution in [2.45, 2.75) is 57.6 Å². The summed E-state index contributed by atoms with van der Waals surface area (Å²) in [6.45, 7) is 6.04. The molecular formula is C29H34N4O6. The molecule has 3 N–H and O–H groups in total. The molecule has 1 aromatic heterocycles. The maximum absolute atomic E-state index is 12.7. The van der Waals surface area contributed by atoms with E-state index < -0.39 is 11.7 Å². The number of nitrogens with zero attached hydrogens (tertiary/aromatic N) is 3. The van der Waals surface area contributed by atoms with Gasteiger partial charge < -0.3 is 34.5 Å². The van der Waals surface area contributed by atoms with Crippen LogP contribution in [-0.4, -0.2) is 69.1 Å². The lowest BCUT2D eigenvalue weighted by Crippen LogP contribution is -2.42. The molecular weight excluding hydrogens is 500 g/mol. The van der Waals surface area contributed by atoms with E-state index in [1.54, 1.807) is 42.7 Å². The highest BCUT2D eigenvalue weighted by atomic mass is 16.7. The van der Waals surface area contributed by atoms with Crippen LogP contribution >= 0.6 is 0 Å². The van der Waals surface area contributed by atoms with Gasteiger partial charge in [-0.25, -0.2) is 4.98 Å². The van der Waals surface area contributed by atoms with Gasteiger partial charge in [-0.15, -0.1) is 0 Å². The maximum atomic E-state index is 12.7. The topological polar surface area (TPSA) is 129 Å². The minimum absolute atomic E-state index is 0.0384. The highest BCUT2D eigenvalue weighted by Gasteiger charge is 2.32. The van der Waals surface area contributed by atoms with Crippen LogP contribution in [0.3, 0.4) is 0 Å². The molecule has 2 aliphatic heterocycles. The van der Waals surface area contributed by atoms with Crippen LogP contribution in [-0.2, 0) is 27.2 Å². The fourth-order valence-corrected chi connectivity index (χ4v) is 4.98. The number of phenolic OH excluding ortho intramolecular Hbond substituents is 1. The number of rotatable bonds is 8. The third kappa shape index (κ3) is 6.58. The van der Waals surface area contributed by atoms with E-state index in [2.05, 4.69) is 4.98 Å². The normalized spacial score (nSPS) is 19.2. The zero-order chi connectivity index (χ0) is 27.6. The second-order valence-corrected chi connectivity index (χ2v) is 10.5. The number of carbonyl (C=O) groups excluding carboxylic acids is 2. The van der Waals surface area contributed by atoms with E-state index in [0.717, 1.165) is 11.1 Å². The molecule has 2 aliphatic rings. The van der Waals surface area contributed by atoms with Crippen LogP contribution < -0.4 is 10.5 Å². The summed E-state index contributed by atoms with van der Waals surface area (Å²) in [4.78, 5) is 31.3. The van der Waals surface area contributed by atoms with E-state index in [9.17, 15) is 14.7 Å². The number of piperidine rings is 1. The first-order valence-electron chi connectivity index (χ1n) is 13.2. The highest BCUT2D eigenvalue weighted by Crippen LogP contribution is 2.29. The average Bonchev–Trinajstić information content (AvgIpc) is 3.51. The quantitative estimate of drug-likeness (QED) is 0.454. The predicted molar refractivity (Wildman–Crippen MR) is 143 cm³/mol. The molecule has 3 aromatic rings. The van der Waals surface area contributed by atoms with Gasteiger partial charge >= 0.3 is 0 Å². The fourth-order valence-electron chi connectivity index (χ4n) is 4.98. The van der Waals surface area contributed by atoms with Crippen LogP contribution in [0.1, 0.15) is 42.6 Å². The zero-order valence-corrected chi connectivity index (χ0v) is 22.2. The predicted octanol–water partition coefficient (Wildman–Crippen LogP) is 3.12. The molecule has 0 bridgehead atoms. The number of aromatic hydroxyl groups is 1. The summed E-state index contributed by atoms with van der Waals surface area (Å²) >= 11 is 0. The third-order valence-corrected chi connectivity index (χ3v) is 7.04. The summed E-state index contributed by atoms with van der Waals surface area (Å²) in [5.41, 5.74) is 8.33. The smallest absolute Gasteiger partial charge is 0.252 e. The molecule has 0 saturated carbocycles. The van der Waals surface area contributed by atoms with Gasteiger partial charge in [0.25, 0.3) is 5.91 Å². The van der Waals surface area contributed by atoms with Gasteiger partial charge in [0.2, 0.25) is 5.91 Å². The second-order valence-electron chi connectivity index (χ2n) is 10.5. The summed E-state index contributed by atoms with van der Waals surface area (Å²) in [6, 6.07) is 12.0. The van der Waals surface area contributed by atoms with Gasteiger partial charge in [0.05, 0.1) is 37.2 Å². The minimum atomic E-state index is -0.583. The number of amides is 2. The van der Waals surface area contributed by atoms with Crippen LogP contribution in [0.4, 0.5) is 0 Å². The number of imidazole rings is 1. The first-order chi connectivity index (χ1) is 18.6. The molecule has 2 aromatic carbocycles. The van der Waals surface area contributed by atoms with Crippen molar-refractivity contribution in [2.75, 3.05) is 19.7 Å². The Labute approximate surface area is 227 Å². The number of benzene rings is 2. The van der Waals surface area contributed by atoms with Crippen molar-refractivity contribution in [3.8, 4) is 22.8 Å². The molecule has 2 amide bonds. The number of carbonyl (C=O) groups is 2. The number of hydrogen-bond donors (Lipinski definition) is 2.